The van der Waals surface area contributed by atoms with Crippen LogP contribution >= 0.6 is 23.2 Å². The van der Waals surface area contributed by atoms with E-state index >= 15 is 0 Å². The number of halogens is 5. The summed E-state index contributed by atoms with van der Waals surface area (Å²) in [5, 5.41) is 2.87. The van der Waals surface area contributed by atoms with E-state index in [4.69, 9.17) is 27.9 Å². The minimum Gasteiger partial charge on any atom is -0.420 e. The van der Waals surface area contributed by atoms with E-state index < -0.39 is 28.6 Å². The van der Waals surface area contributed by atoms with Crippen molar-refractivity contribution in [3.63, 3.8) is 0 Å². The molecule has 184 valence electrons. The standard InChI is InChI=1S/C21H21Cl2F3N4O4/c1-20(13-10-27-12-28-11-13,19(32)29-14-6-8-33-9-7-14)30(18(31)17(22)24)15-2-4-16(5-3-15)34-21(23,25)26/h2-5,10-12,14,17H,6-9H2,1H3,(H,29,32)/t17-,20?/m0/s1. The number of nitrogens with one attached hydrogen (secondary N) is 1. The first-order chi connectivity index (χ1) is 16.0. The lowest BCUT2D eigenvalue weighted by atomic mass is 9.89. The van der Waals surface area contributed by atoms with Crippen molar-refractivity contribution in [1.29, 1.82) is 0 Å². The largest absolute Gasteiger partial charge is 0.487 e. The highest BCUT2D eigenvalue weighted by molar-refractivity contribution is 6.32. The number of aromatic nitrogens is 2. The number of benzene rings is 1. The van der Waals surface area contributed by atoms with Gasteiger partial charge in [0.05, 0.1) is 0 Å². The van der Waals surface area contributed by atoms with Crippen LogP contribution in [0.25, 0.3) is 0 Å². The number of alkyl halides is 5. The van der Waals surface area contributed by atoms with E-state index in [-0.39, 0.29) is 23.0 Å². The van der Waals surface area contributed by atoms with E-state index in [1.807, 2.05) is 0 Å². The van der Waals surface area contributed by atoms with Crippen molar-refractivity contribution in [2.45, 2.75) is 42.5 Å². The van der Waals surface area contributed by atoms with Crippen molar-refractivity contribution in [2.24, 2.45) is 0 Å². The van der Waals surface area contributed by atoms with Crippen LogP contribution in [0.5, 0.6) is 5.75 Å². The van der Waals surface area contributed by atoms with Gasteiger partial charge in [0.1, 0.15) is 12.1 Å². The highest BCUT2D eigenvalue weighted by Crippen LogP contribution is 2.36. The van der Waals surface area contributed by atoms with Crippen molar-refractivity contribution in [3.8, 4) is 5.75 Å². The molecule has 2 amide bonds. The first kappa shape index (κ1) is 26.0. The second-order valence-electron chi connectivity index (χ2n) is 7.58. The molecule has 0 saturated carbocycles. The fraction of sp³-hybridized carbons (Fsp3) is 0.429. The molecule has 1 unspecified atom stereocenters. The van der Waals surface area contributed by atoms with Crippen molar-refractivity contribution in [3.05, 3.63) is 48.5 Å². The highest BCUT2D eigenvalue weighted by atomic mass is 35.5. The Morgan fingerprint density at radius 1 is 1.21 bits per heavy atom. The number of ether oxygens (including phenoxy) is 2. The Balaban J connectivity index is 2.07. The van der Waals surface area contributed by atoms with Crippen LogP contribution in [0.1, 0.15) is 25.3 Å². The second-order valence-corrected chi connectivity index (χ2v) is 8.40. The van der Waals surface area contributed by atoms with Gasteiger partial charge in [0.25, 0.3) is 17.4 Å². The van der Waals surface area contributed by atoms with Crippen molar-refractivity contribution in [1.82, 2.24) is 15.3 Å². The van der Waals surface area contributed by atoms with Gasteiger partial charge in [-0.25, -0.2) is 14.4 Å². The summed E-state index contributed by atoms with van der Waals surface area (Å²) >= 11 is 10.3. The maximum absolute atomic E-state index is 14.2. The van der Waals surface area contributed by atoms with Crippen LogP contribution in [-0.4, -0.2) is 52.2 Å². The molecule has 1 aliphatic rings. The van der Waals surface area contributed by atoms with Crippen LogP contribution in [0.4, 0.5) is 18.9 Å². The second kappa shape index (κ2) is 10.7. The number of carbonyl (C=O) groups excluding carboxylic acids is 2. The smallest absolute Gasteiger partial charge is 0.420 e. The van der Waals surface area contributed by atoms with Crippen molar-refractivity contribution >= 4 is 40.7 Å². The molecule has 0 aliphatic carbocycles. The predicted octanol–water partition coefficient (Wildman–Crippen LogP) is 3.72. The zero-order chi connectivity index (χ0) is 24.9. The summed E-state index contributed by atoms with van der Waals surface area (Å²) in [4.78, 5) is 35.3. The molecule has 2 aromatic rings. The van der Waals surface area contributed by atoms with E-state index in [1.165, 1.54) is 37.8 Å². The molecule has 1 fully saturated rings. The number of hydrogen-bond donors (Lipinski definition) is 1. The molecule has 34 heavy (non-hydrogen) atoms. The van der Waals surface area contributed by atoms with Gasteiger partial charge in [0.15, 0.2) is 5.54 Å². The molecule has 0 bridgehead atoms. The van der Waals surface area contributed by atoms with Gasteiger partial charge in [-0.3, -0.25) is 14.5 Å². The van der Waals surface area contributed by atoms with E-state index in [0.717, 1.165) is 17.0 Å². The normalized spacial score (nSPS) is 17.4. The molecule has 1 saturated heterocycles. The van der Waals surface area contributed by atoms with E-state index in [9.17, 15) is 22.8 Å². The summed E-state index contributed by atoms with van der Waals surface area (Å²) in [5.41, 5.74) is -8.20. The molecule has 2 atom stereocenters. The average molecular weight is 521 g/mol. The summed E-state index contributed by atoms with van der Waals surface area (Å²) in [6.45, 7) is 2.27. The van der Waals surface area contributed by atoms with Crippen LogP contribution in [0.15, 0.2) is 43.0 Å². The summed E-state index contributed by atoms with van der Waals surface area (Å²) in [6, 6.07) is 4.32. The number of hydrogen-bond acceptors (Lipinski definition) is 6. The molecule has 8 nitrogen and oxygen atoms in total. The van der Waals surface area contributed by atoms with Gasteiger partial charge in [0.2, 0.25) is 0 Å². The molecular formula is C21H21Cl2F3N4O4. The molecule has 0 spiro atoms. The Morgan fingerprint density at radius 2 is 1.79 bits per heavy atom. The Kier molecular flexibility index (Phi) is 8.21. The maximum Gasteiger partial charge on any atom is 0.487 e. The Labute approximate surface area is 203 Å². The molecule has 1 aromatic heterocycles. The summed E-state index contributed by atoms with van der Waals surface area (Å²) < 4.78 is 49.7. The Bertz CT molecular complexity index is 990. The zero-order valence-corrected chi connectivity index (χ0v) is 19.4. The lowest BCUT2D eigenvalue weighted by molar-refractivity contribution is -0.132. The number of amides is 2. The van der Waals surface area contributed by atoms with E-state index in [1.54, 1.807) is 0 Å². The molecular weight excluding hydrogens is 500 g/mol. The van der Waals surface area contributed by atoms with Gasteiger partial charge < -0.3 is 14.8 Å². The molecule has 3 rings (SSSR count). The summed E-state index contributed by atoms with van der Waals surface area (Å²) in [7, 11) is 0. The van der Waals surface area contributed by atoms with Crippen LogP contribution in [0, 0.1) is 0 Å². The first-order valence-corrected chi connectivity index (χ1v) is 11.0. The number of carbonyl (C=O) groups is 2. The third-order valence-corrected chi connectivity index (χ3v) is 5.57. The van der Waals surface area contributed by atoms with Crippen molar-refractivity contribution < 1.29 is 32.2 Å². The van der Waals surface area contributed by atoms with Crippen LogP contribution in [-0.2, 0) is 19.9 Å². The van der Waals surface area contributed by atoms with Gasteiger partial charge in [-0.1, -0.05) is 11.6 Å². The van der Waals surface area contributed by atoms with Gasteiger partial charge in [-0.2, -0.15) is 0 Å². The number of rotatable bonds is 8. The topological polar surface area (TPSA) is 93.6 Å². The monoisotopic (exact) mass is 520 g/mol. The average Bonchev–Trinajstić information content (AvgIpc) is 2.80. The fourth-order valence-corrected chi connectivity index (χ4v) is 3.77. The van der Waals surface area contributed by atoms with Crippen LogP contribution in [0.3, 0.4) is 0 Å². The molecule has 2 heterocycles. The first-order valence-electron chi connectivity index (χ1n) is 10.1. The van der Waals surface area contributed by atoms with Gasteiger partial charge in [0, 0.05) is 54.5 Å². The molecule has 1 aromatic carbocycles. The fourth-order valence-electron chi connectivity index (χ4n) is 3.58. The molecule has 13 heteroatoms. The maximum atomic E-state index is 14.2. The highest BCUT2D eigenvalue weighted by Gasteiger charge is 2.47. The third kappa shape index (κ3) is 6.08. The molecule has 1 N–H and O–H groups in total. The summed E-state index contributed by atoms with van der Waals surface area (Å²) in [6.07, 6.45) is 4.93. The quantitative estimate of drug-likeness (QED) is 0.533. The molecule has 0 radical (unpaired) electrons. The minimum absolute atomic E-state index is 0.0213. The zero-order valence-electron chi connectivity index (χ0n) is 17.9. The number of anilines is 1. The van der Waals surface area contributed by atoms with Gasteiger partial charge in [-0.15, -0.1) is 8.78 Å². The van der Waals surface area contributed by atoms with Crippen molar-refractivity contribution in [2.75, 3.05) is 18.1 Å². The van der Waals surface area contributed by atoms with Gasteiger partial charge >= 0.3 is 5.57 Å². The minimum atomic E-state index is -3.96. The third-order valence-electron chi connectivity index (χ3n) is 5.30. The summed E-state index contributed by atoms with van der Waals surface area (Å²) in [5.74, 6) is -2.23. The van der Waals surface area contributed by atoms with E-state index in [0.29, 0.717) is 26.1 Å². The Hall–Kier alpha value is -2.63. The Morgan fingerprint density at radius 3 is 2.32 bits per heavy atom. The van der Waals surface area contributed by atoms with Crippen LogP contribution in [0.2, 0.25) is 0 Å². The van der Waals surface area contributed by atoms with Gasteiger partial charge in [-0.05, 0) is 44.0 Å². The SMILES string of the molecule is CC(C(=O)NC1CCOCC1)(c1cncnc1)N(C(=O)[C@H](F)Cl)c1ccc(OC(F)(F)Cl)cc1. The lowest BCUT2D eigenvalue weighted by Crippen LogP contribution is -2.60. The van der Waals surface area contributed by atoms with E-state index in [2.05, 4.69) is 20.0 Å². The predicted molar refractivity (Wildman–Crippen MR) is 117 cm³/mol. The molecule has 1 aliphatic heterocycles. The number of nitrogens with zero attached hydrogens (tertiary/aromatic N) is 3. The lowest BCUT2D eigenvalue weighted by Gasteiger charge is -2.41. The van der Waals surface area contributed by atoms with Crippen LogP contribution < -0.4 is 15.0 Å².